The van der Waals surface area contributed by atoms with Gasteiger partial charge in [-0.2, -0.15) is 0 Å². The molecule has 1 aliphatic heterocycles. The lowest BCUT2D eigenvalue weighted by Gasteiger charge is -2.40. The number of hydrogen-bond donors (Lipinski definition) is 1. The van der Waals surface area contributed by atoms with Crippen LogP contribution in [0.1, 0.15) is 51.9 Å². The molecule has 1 aliphatic carbocycles. The highest BCUT2D eigenvalue weighted by Gasteiger charge is 2.33. The van der Waals surface area contributed by atoms with Crippen molar-refractivity contribution in [1.29, 1.82) is 0 Å². The average Bonchev–Trinajstić information content (AvgIpc) is 2.30. The lowest BCUT2D eigenvalue weighted by Crippen LogP contribution is -2.49. The molecule has 2 fully saturated rings. The fraction of sp³-hybridized carbons (Fsp3) is 1.00. The summed E-state index contributed by atoms with van der Waals surface area (Å²) in [4.78, 5) is 2.41. The number of rotatable bonds is 4. The van der Waals surface area contributed by atoms with Gasteiger partial charge in [0.05, 0.1) is 11.7 Å². The quantitative estimate of drug-likeness (QED) is 0.819. The molecule has 0 aromatic carbocycles. The van der Waals surface area contributed by atoms with Gasteiger partial charge in [-0.3, -0.25) is 4.90 Å². The fourth-order valence-electron chi connectivity index (χ4n) is 3.31. The van der Waals surface area contributed by atoms with Crippen molar-refractivity contribution in [1.82, 2.24) is 4.90 Å². The summed E-state index contributed by atoms with van der Waals surface area (Å²) >= 11 is 0. The Morgan fingerprint density at radius 1 is 1.24 bits per heavy atom. The summed E-state index contributed by atoms with van der Waals surface area (Å²) in [6.45, 7) is 5.87. The molecular formula is C14H27NO2. The van der Waals surface area contributed by atoms with Gasteiger partial charge in [0.15, 0.2) is 0 Å². The van der Waals surface area contributed by atoms with E-state index in [0.717, 1.165) is 39.1 Å². The maximum absolute atomic E-state index is 10.6. The molecule has 1 heterocycles. The normalized spacial score (nSPS) is 30.4. The molecule has 0 bridgehead atoms. The molecule has 2 rings (SSSR count). The van der Waals surface area contributed by atoms with Crippen LogP contribution < -0.4 is 0 Å². The van der Waals surface area contributed by atoms with Gasteiger partial charge in [0.2, 0.25) is 0 Å². The first kappa shape index (κ1) is 13.3. The van der Waals surface area contributed by atoms with Gasteiger partial charge in [0, 0.05) is 19.7 Å². The smallest absolute Gasteiger partial charge is 0.0774 e. The lowest BCUT2D eigenvalue weighted by molar-refractivity contribution is -0.0543. The molecule has 0 aromatic rings. The molecule has 1 atom stereocenters. The number of nitrogens with zero attached hydrogens (tertiary/aromatic N) is 1. The Balaban J connectivity index is 1.81. The average molecular weight is 241 g/mol. The number of β-amino-alcohol motifs (C(OH)–C–C–N with tert-alkyl or cyclic N) is 1. The fourth-order valence-corrected chi connectivity index (χ4v) is 3.31. The summed E-state index contributed by atoms with van der Waals surface area (Å²) in [7, 11) is 0. The predicted molar refractivity (Wildman–Crippen MR) is 69.1 cm³/mol. The molecule has 100 valence electrons. The zero-order chi connectivity index (χ0) is 12.1. The highest BCUT2D eigenvalue weighted by Crippen LogP contribution is 2.29. The molecule has 1 saturated heterocycles. The van der Waals surface area contributed by atoms with E-state index in [9.17, 15) is 5.11 Å². The van der Waals surface area contributed by atoms with E-state index in [1.807, 2.05) is 0 Å². The maximum Gasteiger partial charge on any atom is 0.0774 e. The van der Waals surface area contributed by atoms with Gasteiger partial charge in [0.25, 0.3) is 0 Å². The minimum Gasteiger partial charge on any atom is -0.389 e. The van der Waals surface area contributed by atoms with Gasteiger partial charge < -0.3 is 9.84 Å². The highest BCUT2D eigenvalue weighted by atomic mass is 16.5. The third-order valence-corrected chi connectivity index (χ3v) is 4.17. The van der Waals surface area contributed by atoms with Gasteiger partial charge in [-0.1, -0.05) is 19.3 Å². The van der Waals surface area contributed by atoms with Crippen molar-refractivity contribution in [2.24, 2.45) is 0 Å². The number of ether oxygens (including phenoxy) is 1. The van der Waals surface area contributed by atoms with E-state index in [0.29, 0.717) is 6.10 Å². The minimum atomic E-state index is -0.410. The van der Waals surface area contributed by atoms with Crippen LogP contribution in [0.4, 0.5) is 0 Å². The van der Waals surface area contributed by atoms with Gasteiger partial charge in [-0.25, -0.2) is 0 Å². The number of likely N-dealkylation sites (tertiary alicyclic amines) is 1. The Bertz CT molecular complexity index is 224. The van der Waals surface area contributed by atoms with Gasteiger partial charge in [0.1, 0.15) is 0 Å². The summed E-state index contributed by atoms with van der Waals surface area (Å²) in [5, 5.41) is 10.6. The summed E-state index contributed by atoms with van der Waals surface area (Å²) < 4.78 is 5.71. The second kappa shape index (κ2) is 6.17. The van der Waals surface area contributed by atoms with Crippen molar-refractivity contribution >= 4 is 0 Å². The van der Waals surface area contributed by atoms with E-state index in [-0.39, 0.29) is 0 Å². The van der Waals surface area contributed by atoms with Crippen LogP contribution in [0.5, 0.6) is 0 Å². The first-order chi connectivity index (χ1) is 8.22. The Morgan fingerprint density at radius 3 is 2.71 bits per heavy atom. The monoisotopic (exact) mass is 241 g/mol. The second-order valence-corrected chi connectivity index (χ2v) is 5.74. The molecule has 1 unspecified atom stereocenters. The minimum absolute atomic E-state index is 0.390. The highest BCUT2D eigenvalue weighted by molar-refractivity contribution is 4.87. The van der Waals surface area contributed by atoms with Crippen LogP contribution in [0.25, 0.3) is 0 Å². The largest absolute Gasteiger partial charge is 0.389 e. The molecule has 3 nitrogen and oxygen atoms in total. The molecule has 1 saturated carbocycles. The van der Waals surface area contributed by atoms with Crippen molar-refractivity contribution in [3.63, 3.8) is 0 Å². The van der Waals surface area contributed by atoms with Crippen molar-refractivity contribution in [2.45, 2.75) is 63.6 Å². The lowest BCUT2D eigenvalue weighted by atomic mass is 9.84. The SMILES string of the molecule is CCOC1CCCN(CC2(O)CCCCC2)C1. The summed E-state index contributed by atoms with van der Waals surface area (Å²) in [6.07, 6.45) is 8.44. The van der Waals surface area contributed by atoms with E-state index >= 15 is 0 Å². The molecule has 2 aliphatic rings. The number of aliphatic hydroxyl groups is 1. The van der Waals surface area contributed by atoms with E-state index in [2.05, 4.69) is 11.8 Å². The Hall–Kier alpha value is -0.120. The standard InChI is InChI=1S/C14H27NO2/c1-2-17-13-7-6-10-15(11-13)12-14(16)8-4-3-5-9-14/h13,16H,2-12H2,1H3. The second-order valence-electron chi connectivity index (χ2n) is 5.74. The van der Waals surface area contributed by atoms with Crippen LogP contribution in [0.15, 0.2) is 0 Å². The molecule has 17 heavy (non-hydrogen) atoms. The van der Waals surface area contributed by atoms with Gasteiger partial charge in [-0.15, -0.1) is 0 Å². The van der Waals surface area contributed by atoms with Crippen LogP contribution in [0.2, 0.25) is 0 Å². The van der Waals surface area contributed by atoms with Crippen LogP contribution in [-0.4, -0.2) is 48.0 Å². The first-order valence-corrected chi connectivity index (χ1v) is 7.28. The molecule has 0 aromatic heterocycles. The molecule has 0 amide bonds. The summed E-state index contributed by atoms with van der Waals surface area (Å²) in [5.41, 5.74) is -0.410. The summed E-state index contributed by atoms with van der Waals surface area (Å²) in [6, 6.07) is 0. The first-order valence-electron chi connectivity index (χ1n) is 7.28. The van der Waals surface area contributed by atoms with Crippen molar-refractivity contribution in [2.75, 3.05) is 26.2 Å². The van der Waals surface area contributed by atoms with E-state index in [1.165, 1.54) is 32.1 Å². The Morgan fingerprint density at radius 2 is 2.00 bits per heavy atom. The molecule has 3 heteroatoms. The Kier molecular flexibility index (Phi) is 4.83. The van der Waals surface area contributed by atoms with Crippen molar-refractivity contribution in [3.8, 4) is 0 Å². The van der Waals surface area contributed by atoms with E-state index in [1.54, 1.807) is 0 Å². The molecule has 0 spiro atoms. The predicted octanol–water partition coefficient (Wildman–Crippen LogP) is 2.18. The van der Waals surface area contributed by atoms with Gasteiger partial charge in [-0.05, 0) is 39.2 Å². The number of hydrogen-bond acceptors (Lipinski definition) is 3. The number of piperidine rings is 1. The van der Waals surface area contributed by atoms with Crippen LogP contribution in [0.3, 0.4) is 0 Å². The third-order valence-electron chi connectivity index (χ3n) is 4.17. The van der Waals surface area contributed by atoms with E-state index in [4.69, 9.17) is 4.74 Å². The zero-order valence-electron chi connectivity index (χ0n) is 11.2. The van der Waals surface area contributed by atoms with E-state index < -0.39 is 5.60 Å². The molecule has 0 radical (unpaired) electrons. The molecular weight excluding hydrogens is 214 g/mol. The zero-order valence-corrected chi connectivity index (χ0v) is 11.2. The van der Waals surface area contributed by atoms with Crippen molar-refractivity contribution < 1.29 is 9.84 Å². The van der Waals surface area contributed by atoms with Gasteiger partial charge >= 0.3 is 0 Å². The van der Waals surface area contributed by atoms with Crippen LogP contribution >= 0.6 is 0 Å². The summed E-state index contributed by atoms with van der Waals surface area (Å²) in [5.74, 6) is 0. The van der Waals surface area contributed by atoms with Crippen LogP contribution in [-0.2, 0) is 4.74 Å². The van der Waals surface area contributed by atoms with Crippen LogP contribution in [0, 0.1) is 0 Å². The topological polar surface area (TPSA) is 32.7 Å². The third kappa shape index (κ3) is 3.94. The molecule has 1 N–H and O–H groups in total. The Labute approximate surface area is 105 Å². The maximum atomic E-state index is 10.6. The van der Waals surface area contributed by atoms with Crippen molar-refractivity contribution in [3.05, 3.63) is 0 Å².